The van der Waals surface area contributed by atoms with Gasteiger partial charge in [0.15, 0.2) is 9.84 Å². The van der Waals surface area contributed by atoms with Crippen molar-refractivity contribution < 1.29 is 17.9 Å². The second-order valence-corrected chi connectivity index (χ2v) is 9.26. The number of benzene rings is 2. The lowest BCUT2D eigenvalue weighted by atomic mass is 10.0. The Morgan fingerprint density at radius 3 is 2.81 bits per heavy atom. The molecule has 1 unspecified atom stereocenters. The van der Waals surface area contributed by atoms with Crippen LogP contribution in [0.2, 0.25) is 0 Å². The van der Waals surface area contributed by atoms with Gasteiger partial charge in [-0.1, -0.05) is 24.3 Å². The summed E-state index contributed by atoms with van der Waals surface area (Å²) in [6.45, 7) is 0.537. The second-order valence-electron chi connectivity index (χ2n) is 7.15. The lowest BCUT2D eigenvalue weighted by Gasteiger charge is -2.26. The number of carbonyl (C=O) groups excluding carboxylic acids is 1. The van der Waals surface area contributed by atoms with Gasteiger partial charge in [-0.05, 0) is 48.6 Å². The van der Waals surface area contributed by atoms with Gasteiger partial charge < -0.3 is 10.1 Å². The molecule has 1 heterocycles. The van der Waals surface area contributed by atoms with E-state index in [0.717, 1.165) is 36.1 Å². The topological polar surface area (TPSA) is 72.5 Å². The van der Waals surface area contributed by atoms with E-state index < -0.39 is 9.84 Å². The van der Waals surface area contributed by atoms with Crippen LogP contribution < -0.4 is 10.1 Å². The van der Waals surface area contributed by atoms with Crippen molar-refractivity contribution in [2.45, 2.75) is 43.0 Å². The number of aryl methyl sites for hydroxylation is 2. The molecular formula is C21H23NO4S. The molecule has 2 aromatic carbocycles. The Bertz CT molecular complexity index is 968. The molecule has 27 heavy (non-hydrogen) atoms. The van der Waals surface area contributed by atoms with Gasteiger partial charge >= 0.3 is 0 Å². The fourth-order valence-electron chi connectivity index (χ4n) is 3.85. The van der Waals surface area contributed by atoms with Crippen LogP contribution in [0.4, 0.5) is 0 Å². The Kier molecular flexibility index (Phi) is 4.91. The van der Waals surface area contributed by atoms with Gasteiger partial charge in [-0.25, -0.2) is 8.42 Å². The summed E-state index contributed by atoms with van der Waals surface area (Å²) >= 11 is 0. The zero-order valence-electron chi connectivity index (χ0n) is 15.1. The highest BCUT2D eigenvalue weighted by atomic mass is 32.2. The van der Waals surface area contributed by atoms with Gasteiger partial charge in [0, 0.05) is 18.4 Å². The molecule has 5 nitrogen and oxygen atoms in total. The summed E-state index contributed by atoms with van der Waals surface area (Å²) in [6, 6.07) is 12.8. The van der Waals surface area contributed by atoms with Crippen LogP contribution in [-0.4, -0.2) is 26.7 Å². The quantitative estimate of drug-likeness (QED) is 0.859. The Hall–Kier alpha value is -2.34. The predicted molar refractivity (Wildman–Crippen MR) is 103 cm³/mol. The van der Waals surface area contributed by atoms with E-state index in [-0.39, 0.29) is 24.1 Å². The summed E-state index contributed by atoms with van der Waals surface area (Å²) in [6.07, 6.45) is 3.67. The molecule has 0 saturated carbocycles. The van der Waals surface area contributed by atoms with Gasteiger partial charge in [-0.3, -0.25) is 4.79 Å². The van der Waals surface area contributed by atoms with Gasteiger partial charge in [0.25, 0.3) is 0 Å². The van der Waals surface area contributed by atoms with Crippen LogP contribution in [-0.2, 0) is 27.5 Å². The maximum absolute atomic E-state index is 12.6. The van der Waals surface area contributed by atoms with Gasteiger partial charge in [0.2, 0.25) is 5.91 Å². The molecule has 1 amide bonds. The van der Waals surface area contributed by atoms with Crippen molar-refractivity contribution in [1.82, 2.24) is 5.32 Å². The summed E-state index contributed by atoms with van der Waals surface area (Å²) in [4.78, 5) is 12.7. The van der Waals surface area contributed by atoms with Gasteiger partial charge in [0.1, 0.15) is 5.75 Å². The summed E-state index contributed by atoms with van der Waals surface area (Å²) in [5, 5.41) is 2.96. The van der Waals surface area contributed by atoms with Gasteiger partial charge in [-0.2, -0.15) is 0 Å². The third-order valence-corrected chi connectivity index (χ3v) is 7.03. The number of para-hydroxylation sites is 1. The van der Waals surface area contributed by atoms with Crippen molar-refractivity contribution >= 4 is 15.7 Å². The summed E-state index contributed by atoms with van der Waals surface area (Å²) in [5.74, 6) is 0.351. The molecule has 4 rings (SSSR count). The predicted octanol–water partition coefficient (Wildman–Crippen LogP) is 2.98. The normalized spacial score (nSPS) is 18.3. The van der Waals surface area contributed by atoms with Crippen molar-refractivity contribution in [1.29, 1.82) is 0 Å². The molecule has 142 valence electrons. The second kappa shape index (κ2) is 7.35. The zero-order valence-corrected chi connectivity index (χ0v) is 15.9. The molecular weight excluding hydrogens is 362 g/mol. The standard InChI is InChI=1S/C21H23NO4S/c23-21(22-19-10-12-26-20-7-2-1-6-18(19)20)11-13-27(24,25)17-9-8-15-4-3-5-16(15)14-17/h1-2,6-9,14,19H,3-5,10-13H2,(H,22,23). The molecule has 0 fully saturated rings. The van der Waals surface area contributed by atoms with Crippen molar-refractivity contribution in [3.05, 3.63) is 59.2 Å². The number of ether oxygens (including phenoxy) is 1. The number of sulfone groups is 1. The van der Waals surface area contributed by atoms with Crippen molar-refractivity contribution in [3.8, 4) is 5.75 Å². The molecule has 0 bridgehead atoms. The van der Waals surface area contributed by atoms with Gasteiger partial charge in [0.05, 0.1) is 23.3 Å². The Balaban J connectivity index is 1.39. The van der Waals surface area contributed by atoms with Crippen LogP contribution in [0, 0.1) is 0 Å². The van der Waals surface area contributed by atoms with Crippen LogP contribution in [0.5, 0.6) is 5.75 Å². The first kappa shape index (κ1) is 18.0. The highest BCUT2D eigenvalue weighted by Gasteiger charge is 2.24. The SMILES string of the molecule is O=C(CCS(=O)(=O)c1ccc2c(c1)CCC2)NC1CCOc2ccccc21. The van der Waals surface area contributed by atoms with Gasteiger partial charge in [-0.15, -0.1) is 0 Å². The van der Waals surface area contributed by atoms with E-state index >= 15 is 0 Å². The lowest BCUT2D eigenvalue weighted by molar-refractivity contribution is -0.121. The largest absolute Gasteiger partial charge is 0.493 e. The highest BCUT2D eigenvalue weighted by Crippen LogP contribution is 2.31. The Labute approximate surface area is 159 Å². The molecule has 0 radical (unpaired) electrons. The highest BCUT2D eigenvalue weighted by molar-refractivity contribution is 7.91. The molecule has 0 aromatic heterocycles. The first-order valence-corrected chi connectivity index (χ1v) is 11.0. The van der Waals surface area contributed by atoms with Crippen LogP contribution in [0.25, 0.3) is 0 Å². The van der Waals surface area contributed by atoms with Crippen LogP contribution in [0.15, 0.2) is 47.4 Å². The summed E-state index contributed by atoms with van der Waals surface area (Å²) in [5.41, 5.74) is 3.31. The van der Waals surface area contributed by atoms with Crippen LogP contribution in [0.3, 0.4) is 0 Å². The lowest BCUT2D eigenvalue weighted by Crippen LogP contribution is -2.33. The minimum Gasteiger partial charge on any atom is -0.493 e. The molecule has 0 saturated heterocycles. The Morgan fingerprint density at radius 1 is 1.11 bits per heavy atom. The van der Waals surface area contributed by atoms with Crippen molar-refractivity contribution in [2.75, 3.05) is 12.4 Å². The number of hydrogen-bond donors (Lipinski definition) is 1. The molecule has 1 N–H and O–H groups in total. The van der Waals surface area contributed by atoms with Crippen molar-refractivity contribution in [2.24, 2.45) is 0 Å². The maximum Gasteiger partial charge on any atom is 0.221 e. The van der Waals surface area contributed by atoms with E-state index in [1.165, 1.54) is 5.56 Å². The van der Waals surface area contributed by atoms with E-state index in [1.807, 2.05) is 30.3 Å². The average Bonchev–Trinajstić information content (AvgIpc) is 3.15. The van der Waals surface area contributed by atoms with E-state index in [9.17, 15) is 13.2 Å². The van der Waals surface area contributed by atoms with Crippen LogP contribution >= 0.6 is 0 Å². The van der Waals surface area contributed by atoms with Crippen LogP contribution in [0.1, 0.15) is 42.0 Å². The number of amides is 1. The summed E-state index contributed by atoms with van der Waals surface area (Å²) in [7, 11) is -3.46. The first-order valence-electron chi connectivity index (χ1n) is 9.38. The molecule has 1 aliphatic carbocycles. The minimum atomic E-state index is -3.46. The zero-order chi connectivity index (χ0) is 18.9. The molecule has 2 aromatic rings. The molecule has 6 heteroatoms. The molecule has 0 spiro atoms. The number of hydrogen-bond acceptors (Lipinski definition) is 4. The number of fused-ring (bicyclic) bond motifs is 2. The third-order valence-electron chi connectivity index (χ3n) is 5.32. The van der Waals surface area contributed by atoms with Crippen molar-refractivity contribution in [3.63, 3.8) is 0 Å². The molecule has 2 aliphatic rings. The number of nitrogens with one attached hydrogen (secondary N) is 1. The molecule has 1 atom stereocenters. The van der Waals surface area contributed by atoms with E-state index in [2.05, 4.69) is 5.32 Å². The Morgan fingerprint density at radius 2 is 1.93 bits per heavy atom. The fourth-order valence-corrected chi connectivity index (χ4v) is 5.13. The first-order chi connectivity index (χ1) is 13.0. The number of rotatable bonds is 5. The number of carbonyl (C=O) groups is 1. The fraction of sp³-hybridized carbons (Fsp3) is 0.381. The monoisotopic (exact) mass is 385 g/mol. The maximum atomic E-state index is 12.6. The average molecular weight is 385 g/mol. The minimum absolute atomic E-state index is 0.0427. The molecule has 1 aliphatic heterocycles. The third kappa shape index (κ3) is 3.86. The summed E-state index contributed by atoms with van der Waals surface area (Å²) < 4.78 is 30.9. The van der Waals surface area contributed by atoms with E-state index in [1.54, 1.807) is 12.1 Å². The van der Waals surface area contributed by atoms with E-state index in [4.69, 9.17) is 4.74 Å². The van der Waals surface area contributed by atoms with E-state index in [0.29, 0.717) is 17.9 Å². The smallest absolute Gasteiger partial charge is 0.221 e.